The van der Waals surface area contributed by atoms with Crippen molar-refractivity contribution in [1.29, 1.82) is 0 Å². The monoisotopic (exact) mass is 312 g/mol. The Balaban J connectivity index is 1.72. The van der Waals surface area contributed by atoms with Crippen LogP contribution in [0.25, 0.3) is 0 Å². The number of rotatable bonds is 7. The number of thioether (sulfide) groups is 1. The maximum atomic E-state index is 11.6. The van der Waals surface area contributed by atoms with E-state index in [0.29, 0.717) is 11.4 Å². The van der Waals surface area contributed by atoms with Crippen molar-refractivity contribution >= 4 is 35.0 Å². The molecule has 0 spiro atoms. The van der Waals surface area contributed by atoms with E-state index in [1.54, 1.807) is 11.3 Å². The molecular formula is C11H12N4O3S2. The summed E-state index contributed by atoms with van der Waals surface area (Å²) in [4.78, 5) is 22.1. The molecule has 0 saturated heterocycles. The molecule has 0 atom stereocenters. The molecule has 20 heavy (non-hydrogen) atoms. The van der Waals surface area contributed by atoms with Gasteiger partial charge >= 0.3 is 5.97 Å². The molecule has 2 rings (SSSR count). The van der Waals surface area contributed by atoms with Crippen LogP contribution in [-0.2, 0) is 22.7 Å². The maximum absolute atomic E-state index is 11.6. The van der Waals surface area contributed by atoms with Gasteiger partial charge in [0.2, 0.25) is 5.91 Å². The lowest BCUT2D eigenvalue weighted by Gasteiger charge is -2.01. The zero-order valence-electron chi connectivity index (χ0n) is 10.4. The molecule has 9 heteroatoms. The highest BCUT2D eigenvalue weighted by Crippen LogP contribution is 2.22. The average Bonchev–Trinajstić information content (AvgIpc) is 3.04. The van der Waals surface area contributed by atoms with E-state index in [1.807, 2.05) is 17.5 Å². The second-order valence-corrected chi connectivity index (χ2v) is 6.02. The first-order chi connectivity index (χ1) is 9.63. The van der Waals surface area contributed by atoms with Gasteiger partial charge in [0.1, 0.15) is 12.2 Å². The van der Waals surface area contributed by atoms with Gasteiger partial charge in [0.05, 0.1) is 22.7 Å². The molecule has 2 heterocycles. The number of hydrogen-bond donors (Lipinski definition) is 2. The number of aromatic nitrogens is 3. The van der Waals surface area contributed by atoms with Crippen molar-refractivity contribution in [3.8, 4) is 0 Å². The Bertz CT molecular complexity index is 582. The Labute approximate surface area is 123 Å². The standard InChI is InChI=1S/C11H12N4O3S2/c16-9(7-20-11-2-1-3-19-11)12-4-8-5-15(14-13-8)6-10(17)18/h1-3,5H,4,6-7H2,(H,12,16)(H,17,18). The van der Waals surface area contributed by atoms with Gasteiger partial charge in [-0.25, -0.2) is 4.68 Å². The summed E-state index contributed by atoms with van der Waals surface area (Å²) >= 11 is 3.06. The molecule has 1 amide bonds. The van der Waals surface area contributed by atoms with Crippen LogP contribution in [0.3, 0.4) is 0 Å². The second-order valence-electron chi connectivity index (χ2n) is 3.80. The minimum atomic E-state index is -0.988. The fourth-order valence-electron chi connectivity index (χ4n) is 1.36. The summed E-state index contributed by atoms with van der Waals surface area (Å²) in [5.74, 6) is -0.752. The van der Waals surface area contributed by atoms with Crippen LogP contribution >= 0.6 is 23.1 Å². The second kappa shape index (κ2) is 7.06. The van der Waals surface area contributed by atoms with Crippen molar-refractivity contribution in [3.05, 3.63) is 29.4 Å². The van der Waals surface area contributed by atoms with Crippen LogP contribution in [0, 0.1) is 0 Å². The van der Waals surface area contributed by atoms with Crippen LogP contribution in [0.15, 0.2) is 27.9 Å². The normalized spacial score (nSPS) is 10.4. The molecule has 0 aromatic carbocycles. The van der Waals surface area contributed by atoms with E-state index in [9.17, 15) is 9.59 Å². The Kier molecular flexibility index (Phi) is 5.13. The van der Waals surface area contributed by atoms with Gasteiger partial charge in [-0.15, -0.1) is 28.2 Å². The number of carboxylic acids is 1. The van der Waals surface area contributed by atoms with Gasteiger partial charge in [0, 0.05) is 0 Å². The Morgan fingerprint density at radius 1 is 1.50 bits per heavy atom. The summed E-state index contributed by atoms with van der Waals surface area (Å²) in [5.41, 5.74) is 0.528. The molecule has 0 saturated carbocycles. The molecule has 0 unspecified atom stereocenters. The molecule has 2 N–H and O–H groups in total. The zero-order chi connectivity index (χ0) is 14.4. The molecule has 0 aliphatic carbocycles. The fourth-order valence-corrected chi connectivity index (χ4v) is 2.97. The number of amides is 1. The van der Waals surface area contributed by atoms with Crippen molar-refractivity contribution < 1.29 is 14.7 Å². The first-order valence-corrected chi connectivity index (χ1v) is 7.54. The highest BCUT2D eigenvalue weighted by molar-refractivity contribution is 8.01. The molecule has 2 aromatic heterocycles. The number of carbonyl (C=O) groups excluding carboxylic acids is 1. The molecule has 0 bridgehead atoms. The lowest BCUT2D eigenvalue weighted by Crippen LogP contribution is -2.24. The smallest absolute Gasteiger partial charge is 0.325 e. The number of hydrogen-bond acceptors (Lipinski definition) is 6. The summed E-state index contributed by atoms with van der Waals surface area (Å²) in [7, 11) is 0. The van der Waals surface area contributed by atoms with Gasteiger partial charge in [-0.2, -0.15) is 0 Å². The van der Waals surface area contributed by atoms with Gasteiger partial charge in [0.25, 0.3) is 0 Å². The van der Waals surface area contributed by atoms with Crippen LogP contribution in [0.4, 0.5) is 0 Å². The van der Waals surface area contributed by atoms with E-state index >= 15 is 0 Å². The lowest BCUT2D eigenvalue weighted by molar-refractivity contribution is -0.137. The van der Waals surface area contributed by atoms with E-state index in [1.165, 1.54) is 22.6 Å². The third-order valence-electron chi connectivity index (χ3n) is 2.19. The van der Waals surface area contributed by atoms with Crippen molar-refractivity contribution in [1.82, 2.24) is 20.3 Å². The molecule has 7 nitrogen and oxygen atoms in total. The van der Waals surface area contributed by atoms with Gasteiger partial charge in [0.15, 0.2) is 0 Å². The van der Waals surface area contributed by atoms with E-state index in [-0.39, 0.29) is 19.0 Å². The highest BCUT2D eigenvalue weighted by atomic mass is 32.2. The summed E-state index contributed by atoms with van der Waals surface area (Å²) < 4.78 is 2.30. The predicted molar refractivity (Wildman–Crippen MR) is 74.5 cm³/mol. The molecule has 0 radical (unpaired) electrons. The van der Waals surface area contributed by atoms with Crippen molar-refractivity contribution in [3.63, 3.8) is 0 Å². The number of aliphatic carboxylic acids is 1. The summed E-state index contributed by atoms with van der Waals surface area (Å²) in [6, 6.07) is 3.89. The van der Waals surface area contributed by atoms with E-state index in [4.69, 9.17) is 5.11 Å². The summed E-state index contributed by atoms with van der Waals surface area (Å²) in [6.45, 7) is -0.00136. The molecule has 0 aliphatic heterocycles. The Hall–Kier alpha value is -1.87. The number of nitrogens with zero attached hydrogens (tertiary/aromatic N) is 3. The molecule has 2 aromatic rings. The molecule has 106 valence electrons. The Morgan fingerprint density at radius 2 is 2.35 bits per heavy atom. The summed E-state index contributed by atoms with van der Waals surface area (Å²) in [5, 5.41) is 20.7. The largest absolute Gasteiger partial charge is 0.480 e. The van der Waals surface area contributed by atoms with Crippen LogP contribution in [0.1, 0.15) is 5.69 Å². The average molecular weight is 312 g/mol. The molecular weight excluding hydrogens is 300 g/mol. The van der Waals surface area contributed by atoms with E-state index in [0.717, 1.165) is 4.21 Å². The van der Waals surface area contributed by atoms with E-state index in [2.05, 4.69) is 15.6 Å². The van der Waals surface area contributed by atoms with Crippen molar-refractivity contribution in [2.45, 2.75) is 17.3 Å². The number of carboxylic acid groups (broad SMARTS) is 1. The third kappa shape index (κ3) is 4.67. The quantitative estimate of drug-likeness (QED) is 0.735. The molecule has 0 fully saturated rings. The van der Waals surface area contributed by atoms with Crippen LogP contribution < -0.4 is 5.32 Å². The van der Waals surface area contributed by atoms with Gasteiger partial charge in [-0.3, -0.25) is 9.59 Å². The Morgan fingerprint density at radius 3 is 3.05 bits per heavy atom. The zero-order valence-corrected chi connectivity index (χ0v) is 12.0. The van der Waals surface area contributed by atoms with Crippen molar-refractivity contribution in [2.75, 3.05) is 5.75 Å². The number of carbonyl (C=O) groups is 2. The van der Waals surface area contributed by atoms with Crippen molar-refractivity contribution in [2.24, 2.45) is 0 Å². The fraction of sp³-hybridized carbons (Fsp3) is 0.273. The summed E-state index contributed by atoms with van der Waals surface area (Å²) in [6.07, 6.45) is 1.50. The van der Waals surface area contributed by atoms with E-state index < -0.39 is 5.97 Å². The number of nitrogens with one attached hydrogen (secondary N) is 1. The molecule has 0 aliphatic rings. The minimum absolute atomic E-state index is 0.101. The minimum Gasteiger partial charge on any atom is -0.480 e. The predicted octanol–water partition coefficient (Wildman–Crippen LogP) is 0.833. The number of thiophene rings is 1. The van der Waals surface area contributed by atoms with Crippen LogP contribution in [0.2, 0.25) is 0 Å². The SMILES string of the molecule is O=C(O)Cn1cc(CNC(=O)CSc2cccs2)nn1. The maximum Gasteiger partial charge on any atom is 0.325 e. The topological polar surface area (TPSA) is 97.1 Å². The van der Waals surface area contributed by atoms with Gasteiger partial charge in [-0.05, 0) is 11.4 Å². The van der Waals surface area contributed by atoms with Crippen LogP contribution in [-0.4, -0.2) is 37.7 Å². The third-order valence-corrected chi connectivity index (χ3v) is 4.32. The van der Waals surface area contributed by atoms with Crippen LogP contribution in [0.5, 0.6) is 0 Å². The lowest BCUT2D eigenvalue weighted by atomic mass is 10.4. The highest BCUT2D eigenvalue weighted by Gasteiger charge is 2.07. The van der Waals surface area contributed by atoms with Gasteiger partial charge in [-0.1, -0.05) is 11.3 Å². The first-order valence-electron chi connectivity index (χ1n) is 5.67. The van der Waals surface area contributed by atoms with Gasteiger partial charge < -0.3 is 10.4 Å². The first kappa shape index (κ1) is 14.5.